The molecule has 0 spiro atoms. The topological polar surface area (TPSA) is 80.5 Å². The molecule has 7 heteroatoms. The first kappa shape index (κ1) is 20.8. The van der Waals surface area contributed by atoms with Gasteiger partial charge in [0.25, 0.3) is 0 Å². The van der Waals surface area contributed by atoms with Crippen LogP contribution < -0.4 is 16.0 Å². The monoisotopic (exact) mass is 392 g/mol. The first-order chi connectivity index (χ1) is 13.3. The smallest absolute Gasteiger partial charge is 0.225 e. The van der Waals surface area contributed by atoms with Gasteiger partial charge in [-0.25, -0.2) is 9.37 Å². The van der Waals surface area contributed by atoms with Crippen LogP contribution in [0.15, 0.2) is 12.1 Å². The van der Waals surface area contributed by atoms with Crippen LogP contribution in [-0.2, 0) is 9.53 Å². The second-order valence-corrected chi connectivity index (χ2v) is 9.08. The van der Waals surface area contributed by atoms with Crippen molar-refractivity contribution in [3.05, 3.63) is 17.7 Å². The number of hydrogen-bond donors (Lipinski definition) is 2. The average Bonchev–Trinajstić information content (AvgIpc) is 3.06. The third-order valence-corrected chi connectivity index (χ3v) is 5.71. The number of anilines is 2. The molecular formula is C21H33FN4O2. The van der Waals surface area contributed by atoms with E-state index >= 15 is 0 Å². The Morgan fingerprint density at radius 1 is 1.36 bits per heavy atom. The van der Waals surface area contributed by atoms with Gasteiger partial charge in [0.15, 0.2) is 0 Å². The summed E-state index contributed by atoms with van der Waals surface area (Å²) in [6.45, 7) is 9.32. The van der Waals surface area contributed by atoms with E-state index in [1.165, 1.54) is 0 Å². The molecule has 2 aliphatic heterocycles. The van der Waals surface area contributed by atoms with Crippen LogP contribution in [0.3, 0.4) is 0 Å². The molecule has 1 amide bonds. The maximum absolute atomic E-state index is 13.9. The first-order valence-electron chi connectivity index (χ1n) is 10.3. The lowest BCUT2D eigenvalue weighted by Crippen LogP contribution is -2.34. The van der Waals surface area contributed by atoms with Crippen LogP contribution >= 0.6 is 0 Å². The summed E-state index contributed by atoms with van der Waals surface area (Å²) in [5.41, 5.74) is 6.19. The number of ether oxygens (including phenoxy) is 1. The maximum Gasteiger partial charge on any atom is 0.225 e. The highest BCUT2D eigenvalue weighted by Gasteiger charge is 2.36. The van der Waals surface area contributed by atoms with Crippen LogP contribution in [0.1, 0.15) is 51.5 Å². The Balaban J connectivity index is 1.87. The molecule has 156 valence electrons. The van der Waals surface area contributed by atoms with Crippen molar-refractivity contribution in [2.75, 3.05) is 43.1 Å². The standard InChI is InChI=1S/C21H33FN4O2/c1-21(2,3)18(19(23)27)16-4-5-17(24-12-14-7-10-28-11-8-14)25-20(16)26-9-6-15(22)13-26/h4-5,14-15,18H,6-13H2,1-3H3,(H2,23,27)(H,24,25)/t15-,18?/m0/s1. The van der Waals surface area contributed by atoms with Gasteiger partial charge in [-0.05, 0) is 36.7 Å². The van der Waals surface area contributed by atoms with E-state index in [4.69, 9.17) is 15.5 Å². The van der Waals surface area contributed by atoms with Gasteiger partial charge in [-0.3, -0.25) is 4.79 Å². The number of aromatic nitrogens is 1. The molecule has 3 heterocycles. The highest BCUT2D eigenvalue weighted by atomic mass is 19.1. The quantitative estimate of drug-likeness (QED) is 0.778. The minimum atomic E-state index is -0.866. The predicted octanol–water partition coefficient (Wildman–Crippen LogP) is 3.08. The van der Waals surface area contributed by atoms with Crippen molar-refractivity contribution >= 4 is 17.5 Å². The van der Waals surface area contributed by atoms with Crippen molar-refractivity contribution in [2.24, 2.45) is 17.1 Å². The number of nitrogens with one attached hydrogen (secondary N) is 1. The van der Waals surface area contributed by atoms with Crippen LogP contribution in [0.4, 0.5) is 16.0 Å². The lowest BCUT2D eigenvalue weighted by Gasteiger charge is -2.32. The SMILES string of the molecule is CC(C)(C)C(C(N)=O)c1ccc(NCC2CCOCC2)nc1N1CC[C@H](F)C1. The highest BCUT2D eigenvalue weighted by Crippen LogP contribution is 2.40. The maximum atomic E-state index is 13.9. The summed E-state index contributed by atoms with van der Waals surface area (Å²) < 4.78 is 19.3. The van der Waals surface area contributed by atoms with Crippen molar-refractivity contribution in [1.82, 2.24) is 4.98 Å². The number of primary amides is 1. The summed E-state index contributed by atoms with van der Waals surface area (Å²) in [7, 11) is 0. The fourth-order valence-corrected chi connectivity index (χ4v) is 4.19. The first-order valence-corrected chi connectivity index (χ1v) is 10.3. The molecule has 2 aliphatic rings. The average molecular weight is 393 g/mol. The normalized spacial score (nSPS) is 22.3. The molecule has 0 saturated carbocycles. The lowest BCUT2D eigenvalue weighted by atomic mass is 9.76. The van der Waals surface area contributed by atoms with Crippen LogP contribution in [0.25, 0.3) is 0 Å². The molecular weight excluding hydrogens is 359 g/mol. The van der Waals surface area contributed by atoms with Crippen LogP contribution in [0.2, 0.25) is 0 Å². The summed E-state index contributed by atoms with van der Waals surface area (Å²) in [6.07, 6.45) is 1.70. The van der Waals surface area contributed by atoms with Gasteiger partial charge in [0.05, 0.1) is 12.5 Å². The van der Waals surface area contributed by atoms with Crippen molar-refractivity contribution in [2.45, 2.75) is 52.1 Å². The third-order valence-electron chi connectivity index (χ3n) is 5.71. The zero-order chi connectivity index (χ0) is 20.3. The molecule has 0 aromatic carbocycles. The molecule has 1 unspecified atom stereocenters. The Labute approximate surface area is 167 Å². The summed E-state index contributed by atoms with van der Waals surface area (Å²) in [5.74, 6) is 1.13. The predicted molar refractivity (Wildman–Crippen MR) is 109 cm³/mol. The van der Waals surface area contributed by atoms with Gasteiger partial charge in [-0.15, -0.1) is 0 Å². The molecule has 2 saturated heterocycles. The molecule has 2 fully saturated rings. The number of nitrogens with two attached hydrogens (primary N) is 1. The van der Waals surface area contributed by atoms with Gasteiger partial charge in [0.1, 0.15) is 17.8 Å². The molecule has 0 bridgehead atoms. The molecule has 0 aliphatic carbocycles. The number of carbonyl (C=O) groups excluding carboxylic acids is 1. The van der Waals surface area contributed by atoms with Crippen molar-refractivity contribution < 1.29 is 13.9 Å². The Morgan fingerprint density at radius 2 is 2.07 bits per heavy atom. The Hall–Kier alpha value is -1.89. The lowest BCUT2D eigenvalue weighted by molar-refractivity contribution is -0.121. The number of hydrogen-bond acceptors (Lipinski definition) is 5. The number of pyridine rings is 1. The van der Waals surface area contributed by atoms with E-state index in [1.807, 2.05) is 37.8 Å². The molecule has 6 nitrogen and oxygen atoms in total. The number of alkyl halides is 1. The summed E-state index contributed by atoms with van der Waals surface area (Å²) >= 11 is 0. The zero-order valence-electron chi connectivity index (χ0n) is 17.2. The number of halogens is 1. The van der Waals surface area contributed by atoms with Gasteiger partial charge in [-0.2, -0.15) is 0 Å². The minimum Gasteiger partial charge on any atom is -0.381 e. The van der Waals surface area contributed by atoms with Gasteiger partial charge in [0, 0.05) is 31.9 Å². The molecule has 28 heavy (non-hydrogen) atoms. The second kappa shape index (κ2) is 8.64. The second-order valence-electron chi connectivity index (χ2n) is 9.08. The van der Waals surface area contributed by atoms with E-state index in [0.29, 0.717) is 31.2 Å². The fraction of sp³-hybridized carbons (Fsp3) is 0.714. The van der Waals surface area contributed by atoms with Crippen LogP contribution in [0.5, 0.6) is 0 Å². The Kier molecular flexibility index (Phi) is 6.43. The number of amides is 1. The van der Waals surface area contributed by atoms with E-state index in [1.54, 1.807) is 0 Å². The van der Waals surface area contributed by atoms with E-state index in [0.717, 1.165) is 44.0 Å². The van der Waals surface area contributed by atoms with Crippen LogP contribution in [0, 0.1) is 11.3 Å². The van der Waals surface area contributed by atoms with E-state index < -0.39 is 12.1 Å². The van der Waals surface area contributed by atoms with Gasteiger partial charge >= 0.3 is 0 Å². The number of rotatable bonds is 6. The summed E-state index contributed by atoms with van der Waals surface area (Å²) in [6, 6.07) is 3.84. The Bertz CT molecular complexity index is 685. The van der Waals surface area contributed by atoms with E-state index in [9.17, 15) is 9.18 Å². The van der Waals surface area contributed by atoms with Gasteiger partial charge in [0.2, 0.25) is 5.91 Å². The zero-order valence-corrected chi connectivity index (χ0v) is 17.2. The number of nitrogens with zero attached hydrogens (tertiary/aromatic N) is 2. The van der Waals surface area contributed by atoms with Crippen molar-refractivity contribution in [3.63, 3.8) is 0 Å². The highest BCUT2D eigenvalue weighted by molar-refractivity contribution is 5.84. The van der Waals surface area contributed by atoms with E-state index in [2.05, 4.69) is 5.32 Å². The molecule has 1 aromatic heterocycles. The van der Waals surface area contributed by atoms with Crippen molar-refractivity contribution in [3.8, 4) is 0 Å². The molecule has 2 atom stereocenters. The summed E-state index contributed by atoms with van der Waals surface area (Å²) in [5, 5.41) is 3.42. The number of carbonyl (C=O) groups is 1. The minimum absolute atomic E-state index is 0.305. The third kappa shape index (κ3) is 4.93. The molecule has 3 N–H and O–H groups in total. The molecule has 3 rings (SSSR count). The van der Waals surface area contributed by atoms with E-state index in [-0.39, 0.29) is 11.3 Å². The summed E-state index contributed by atoms with van der Waals surface area (Å²) in [4.78, 5) is 19.0. The van der Waals surface area contributed by atoms with Crippen molar-refractivity contribution in [1.29, 1.82) is 0 Å². The van der Waals surface area contributed by atoms with Gasteiger partial charge in [-0.1, -0.05) is 26.8 Å². The van der Waals surface area contributed by atoms with Crippen LogP contribution in [-0.4, -0.2) is 49.9 Å². The fourth-order valence-electron chi connectivity index (χ4n) is 4.19. The largest absolute Gasteiger partial charge is 0.381 e. The van der Waals surface area contributed by atoms with Gasteiger partial charge < -0.3 is 20.7 Å². The molecule has 0 radical (unpaired) electrons. The Morgan fingerprint density at radius 3 is 2.64 bits per heavy atom. The molecule has 1 aromatic rings.